The van der Waals surface area contributed by atoms with Gasteiger partial charge in [0.2, 0.25) is 0 Å². The summed E-state index contributed by atoms with van der Waals surface area (Å²) in [5.41, 5.74) is 9.95. The fourth-order valence-corrected chi connectivity index (χ4v) is 7.08. The SMILES string of the molecule is CCCc1[nH]n2nc(C)nc2c1Cc1ccc(-c2ccccc2-c2nnnn2C(c2ccccc2)(c2ccccc2)c2ccccc2)cc1. The van der Waals surface area contributed by atoms with Crippen LogP contribution >= 0.6 is 0 Å². The number of aromatic amines is 1. The van der Waals surface area contributed by atoms with Crippen LogP contribution in [0.2, 0.25) is 0 Å². The minimum Gasteiger partial charge on any atom is -0.280 e. The van der Waals surface area contributed by atoms with Gasteiger partial charge >= 0.3 is 0 Å². The highest BCUT2D eigenvalue weighted by atomic mass is 15.6. The van der Waals surface area contributed by atoms with Gasteiger partial charge in [-0.15, -0.1) is 10.2 Å². The fraction of sp³-hybridized carbons (Fsp3) is 0.146. The number of hydrogen-bond donors (Lipinski definition) is 1. The number of rotatable bonds is 10. The lowest BCUT2D eigenvalue weighted by Gasteiger charge is -2.36. The highest BCUT2D eigenvalue weighted by Crippen LogP contribution is 2.43. The summed E-state index contributed by atoms with van der Waals surface area (Å²) in [5, 5.41) is 21.8. The maximum atomic E-state index is 4.77. The molecule has 0 saturated heterocycles. The van der Waals surface area contributed by atoms with Gasteiger partial charge in [0, 0.05) is 23.2 Å². The van der Waals surface area contributed by atoms with Crippen LogP contribution in [0.1, 0.15) is 52.7 Å². The molecule has 3 heterocycles. The Morgan fingerprint density at radius 1 is 0.673 bits per heavy atom. The van der Waals surface area contributed by atoms with Crippen LogP contribution in [-0.4, -0.2) is 40.0 Å². The van der Waals surface area contributed by atoms with Gasteiger partial charge in [-0.05, 0) is 57.2 Å². The highest BCUT2D eigenvalue weighted by molar-refractivity contribution is 5.81. The topological polar surface area (TPSA) is 89.6 Å². The van der Waals surface area contributed by atoms with E-state index in [2.05, 4.69) is 144 Å². The molecule has 0 radical (unpaired) electrons. The second-order valence-corrected chi connectivity index (χ2v) is 12.4. The molecule has 240 valence electrons. The molecule has 0 spiro atoms. The number of nitrogens with zero attached hydrogens (tertiary/aromatic N) is 7. The molecule has 0 fully saturated rings. The molecule has 0 aliphatic carbocycles. The number of hydrogen-bond acceptors (Lipinski definition) is 5. The van der Waals surface area contributed by atoms with Crippen LogP contribution < -0.4 is 0 Å². The van der Waals surface area contributed by atoms with Crippen molar-refractivity contribution in [3.63, 3.8) is 0 Å². The lowest BCUT2D eigenvalue weighted by atomic mass is 9.77. The molecule has 3 aromatic heterocycles. The minimum absolute atomic E-state index is 0.678. The fourth-order valence-electron chi connectivity index (χ4n) is 7.08. The summed E-state index contributed by atoms with van der Waals surface area (Å²) in [5.74, 6) is 1.44. The van der Waals surface area contributed by atoms with E-state index in [-0.39, 0.29) is 0 Å². The largest absolute Gasteiger partial charge is 0.280 e. The standard InChI is InChI=1S/C41H36N8/c1-3-15-38-37(39-42-29(2)44-49(39)45-38)28-30-24-26-31(27-25-30)35-22-13-14-23-36(35)40-43-46-47-48(40)41(32-16-7-4-8-17-32,33-18-9-5-10-19-33)34-20-11-6-12-21-34/h4-14,16-27,45H,3,15,28H2,1-2H3. The Labute approximate surface area is 285 Å². The zero-order valence-corrected chi connectivity index (χ0v) is 27.5. The summed E-state index contributed by atoms with van der Waals surface area (Å²) < 4.78 is 3.80. The van der Waals surface area contributed by atoms with E-state index in [0.717, 1.165) is 64.1 Å². The van der Waals surface area contributed by atoms with Crippen LogP contribution in [0, 0.1) is 6.92 Å². The van der Waals surface area contributed by atoms with Gasteiger partial charge in [0.05, 0.1) is 0 Å². The minimum atomic E-state index is -0.836. The van der Waals surface area contributed by atoms with E-state index < -0.39 is 5.54 Å². The molecular weight excluding hydrogens is 605 g/mol. The van der Waals surface area contributed by atoms with Gasteiger partial charge in [-0.2, -0.15) is 4.63 Å². The number of benzene rings is 5. The molecule has 0 amide bonds. The Bertz CT molecular complexity index is 2220. The molecule has 8 aromatic rings. The molecule has 0 saturated carbocycles. The van der Waals surface area contributed by atoms with Gasteiger partial charge in [-0.3, -0.25) is 5.10 Å². The van der Waals surface area contributed by atoms with E-state index in [1.165, 1.54) is 16.8 Å². The van der Waals surface area contributed by atoms with Gasteiger partial charge in [0.25, 0.3) is 0 Å². The molecule has 0 aliphatic rings. The smallest absolute Gasteiger partial charge is 0.184 e. The zero-order valence-electron chi connectivity index (χ0n) is 27.5. The Balaban J connectivity index is 1.24. The molecule has 8 nitrogen and oxygen atoms in total. The van der Waals surface area contributed by atoms with E-state index in [4.69, 9.17) is 15.3 Å². The zero-order chi connectivity index (χ0) is 33.2. The quantitative estimate of drug-likeness (QED) is 0.153. The van der Waals surface area contributed by atoms with Crippen LogP contribution in [0.15, 0.2) is 140 Å². The average molecular weight is 641 g/mol. The Morgan fingerprint density at radius 2 is 1.24 bits per heavy atom. The van der Waals surface area contributed by atoms with Gasteiger partial charge in [-0.25, -0.2) is 9.67 Å². The van der Waals surface area contributed by atoms with Crippen molar-refractivity contribution in [1.29, 1.82) is 0 Å². The first-order chi connectivity index (χ1) is 24.2. The Hall–Kier alpha value is -6.15. The van der Waals surface area contributed by atoms with Gasteiger partial charge < -0.3 is 0 Å². The monoisotopic (exact) mass is 640 g/mol. The third-order valence-corrected chi connectivity index (χ3v) is 9.26. The lowest BCUT2D eigenvalue weighted by molar-refractivity contribution is 0.451. The van der Waals surface area contributed by atoms with Crippen molar-refractivity contribution < 1.29 is 0 Å². The van der Waals surface area contributed by atoms with E-state index >= 15 is 0 Å². The summed E-state index contributed by atoms with van der Waals surface area (Å²) in [4.78, 5) is 4.71. The molecule has 0 atom stereocenters. The van der Waals surface area contributed by atoms with Crippen LogP contribution in [-0.2, 0) is 18.4 Å². The summed E-state index contributed by atoms with van der Waals surface area (Å²) in [6.45, 7) is 4.12. The van der Waals surface area contributed by atoms with Crippen molar-refractivity contribution in [3.8, 4) is 22.5 Å². The second-order valence-electron chi connectivity index (χ2n) is 12.4. The predicted octanol–water partition coefficient (Wildman–Crippen LogP) is 8.07. The maximum absolute atomic E-state index is 4.77. The lowest BCUT2D eigenvalue weighted by Crippen LogP contribution is -2.39. The van der Waals surface area contributed by atoms with Crippen LogP contribution in [0.25, 0.3) is 28.2 Å². The van der Waals surface area contributed by atoms with Gasteiger partial charge in [-0.1, -0.05) is 153 Å². The third-order valence-electron chi connectivity index (χ3n) is 9.26. The Kier molecular flexibility index (Phi) is 7.89. The van der Waals surface area contributed by atoms with Crippen molar-refractivity contribution in [2.75, 3.05) is 0 Å². The van der Waals surface area contributed by atoms with E-state index in [1.807, 2.05) is 34.4 Å². The number of H-pyrrole nitrogens is 1. The van der Waals surface area contributed by atoms with Crippen LogP contribution in [0.3, 0.4) is 0 Å². The van der Waals surface area contributed by atoms with Crippen molar-refractivity contribution in [1.82, 2.24) is 40.0 Å². The van der Waals surface area contributed by atoms with Crippen LogP contribution in [0.4, 0.5) is 0 Å². The molecule has 0 aliphatic heterocycles. The number of nitrogens with one attached hydrogen (secondary N) is 1. The molecule has 5 aromatic carbocycles. The number of aromatic nitrogens is 8. The van der Waals surface area contributed by atoms with Crippen molar-refractivity contribution >= 4 is 5.65 Å². The maximum Gasteiger partial charge on any atom is 0.184 e. The summed E-state index contributed by atoms with van der Waals surface area (Å²) >= 11 is 0. The summed E-state index contributed by atoms with van der Waals surface area (Å²) in [6, 6.07) is 48.7. The predicted molar refractivity (Wildman–Crippen MR) is 192 cm³/mol. The second kappa shape index (κ2) is 12.8. The van der Waals surface area contributed by atoms with Crippen molar-refractivity contribution in [2.45, 2.75) is 38.6 Å². The summed E-state index contributed by atoms with van der Waals surface area (Å²) in [7, 11) is 0. The normalized spacial score (nSPS) is 11.7. The van der Waals surface area contributed by atoms with Crippen LogP contribution in [0.5, 0.6) is 0 Å². The molecule has 0 bridgehead atoms. The van der Waals surface area contributed by atoms with Gasteiger partial charge in [0.1, 0.15) is 11.4 Å². The first-order valence-corrected chi connectivity index (χ1v) is 16.7. The Morgan fingerprint density at radius 3 is 1.84 bits per heavy atom. The number of tetrazole rings is 1. The number of aryl methyl sites for hydroxylation is 2. The first kappa shape index (κ1) is 30.2. The third kappa shape index (κ3) is 5.31. The molecule has 8 rings (SSSR count). The summed E-state index contributed by atoms with van der Waals surface area (Å²) in [6.07, 6.45) is 2.77. The van der Waals surface area contributed by atoms with Gasteiger partial charge in [0.15, 0.2) is 11.5 Å². The molecule has 0 unspecified atom stereocenters. The van der Waals surface area contributed by atoms with E-state index in [9.17, 15) is 0 Å². The molecular formula is C41H36N8. The molecule has 1 N–H and O–H groups in total. The number of fused-ring (bicyclic) bond motifs is 1. The molecule has 49 heavy (non-hydrogen) atoms. The van der Waals surface area contributed by atoms with E-state index in [0.29, 0.717) is 5.82 Å². The van der Waals surface area contributed by atoms with E-state index in [1.54, 1.807) is 0 Å². The van der Waals surface area contributed by atoms with Crippen molar-refractivity contribution in [2.24, 2.45) is 0 Å². The highest BCUT2D eigenvalue weighted by Gasteiger charge is 2.42. The molecule has 8 heteroatoms. The first-order valence-electron chi connectivity index (χ1n) is 16.7. The van der Waals surface area contributed by atoms with Crippen molar-refractivity contribution in [3.05, 3.63) is 179 Å². The average Bonchev–Trinajstić information content (AvgIpc) is 3.86.